The Morgan fingerprint density at radius 3 is 2.19 bits per heavy atom. The third-order valence-electron chi connectivity index (χ3n) is 13.8. The largest absolute Gasteiger partial charge is 0.469 e. The molecule has 0 aromatic carbocycles. The van der Waals surface area contributed by atoms with Crippen LogP contribution in [-0.2, 0) is 38.2 Å². The van der Waals surface area contributed by atoms with Crippen LogP contribution in [0.4, 0.5) is 0 Å². The van der Waals surface area contributed by atoms with Crippen molar-refractivity contribution < 1.29 is 48.4 Å². The first-order valence-electron chi connectivity index (χ1n) is 20.4. The van der Waals surface area contributed by atoms with E-state index < -0.39 is 70.5 Å². The van der Waals surface area contributed by atoms with Crippen molar-refractivity contribution in [2.45, 2.75) is 169 Å². The molecule has 2 N–H and O–H groups in total. The van der Waals surface area contributed by atoms with E-state index in [9.17, 15) is 34.2 Å². The second kappa shape index (κ2) is 17.2. The minimum atomic E-state index is -1.71. The molecule has 2 bridgehead atoms. The van der Waals surface area contributed by atoms with Gasteiger partial charge in [-0.2, -0.15) is 0 Å². The highest BCUT2D eigenvalue weighted by Gasteiger charge is 2.62. The van der Waals surface area contributed by atoms with Crippen molar-refractivity contribution in [1.29, 1.82) is 0 Å². The quantitative estimate of drug-likeness (QED) is 0.226. The average Bonchev–Trinajstić information content (AvgIpc) is 3.07. The maximum Gasteiger partial charge on any atom is 0.313 e. The minimum Gasteiger partial charge on any atom is -0.469 e. The number of aliphatic hydroxyl groups is 2. The number of rotatable bonds is 3. The fourth-order valence-electron chi connectivity index (χ4n) is 10.1. The summed E-state index contributed by atoms with van der Waals surface area (Å²) in [5, 5.41) is 23.8. The maximum absolute atomic E-state index is 14.9. The molecular formula is C44H68O10. The van der Waals surface area contributed by atoms with Crippen LogP contribution in [0.2, 0.25) is 0 Å². The lowest BCUT2D eigenvalue weighted by Crippen LogP contribution is -2.60. The van der Waals surface area contributed by atoms with Gasteiger partial charge in [0.1, 0.15) is 29.1 Å². The van der Waals surface area contributed by atoms with E-state index in [4.69, 9.17) is 14.2 Å². The molecule has 2 aliphatic heterocycles. The molecule has 10 nitrogen and oxygen atoms in total. The Morgan fingerprint density at radius 1 is 0.907 bits per heavy atom. The lowest BCUT2D eigenvalue weighted by molar-refractivity contribution is -0.239. The number of Topliss-reactive ketones (excluding diaryl/α,β-unsaturated/α-hetero) is 3. The first-order chi connectivity index (χ1) is 25.1. The molecule has 1 saturated heterocycles. The topological polar surface area (TPSA) is 154 Å². The zero-order chi connectivity index (χ0) is 40.5. The number of ether oxygens (including phenoxy) is 3. The van der Waals surface area contributed by atoms with Crippen LogP contribution < -0.4 is 0 Å². The van der Waals surface area contributed by atoms with Crippen molar-refractivity contribution in [3.05, 3.63) is 22.8 Å². The van der Waals surface area contributed by atoms with E-state index in [2.05, 4.69) is 0 Å². The van der Waals surface area contributed by atoms with Crippen LogP contribution in [-0.4, -0.2) is 76.1 Å². The number of hydrogen-bond donors (Lipinski definition) is 2. The molecule has 12 atom stereocenters. The monoisotopic (exact) mass is 756 g/mol. The van der Waals surface area contributed by atoms with Gasteiger partial charge in [-0.1, -0.05) is 70.3 Å². The van der Waals surface area contributed by atoms with Gasteiger partial charge in [0, 0.05) is 56.3 Å². The van der Waals surface area contributed by atoms with Gasteiger partial charge in [-0.15, -0.1) is 0 Å². The van der Waals surface area contributed by atoms with Crippen LogP contribution in [0, 0.1) is 46.8 Å². The molecule has 4 rings (SSSR count). The minimum absolute atomic E-state index is 0.00593. The van der Waals surface area contributed by atoms with Crippen molar-refractivity contribution in [2.24, 2.45) is 46.8 Å². The Kier molecular flexibility index (Phi) is 14.0. The normalized spacial score (nSPS) is 40.7. The molecule has 0 amide bonds. The lowest BCUT2D eigenvalue weighted by Gasteiger charge is -2.52. The molecule has 4 aliphatic rings. The summed E-state index contributed by atoms with van der Waals surface area (Å²) >= 11 is 0. The first-order valence-corrected chi connectivity index (χ1v) is 20.4. The van der Waals surface area contributed by atoms with Crippen molar-refractivity contribution >= 4 is 29.3 Å². The van der Waals surface area contributed by atoms with E-state index in [1.165, 1.54) is 14.0 Å². The van der Waals surface area contributed by atoms with E-state index in [-0.39, 0.29) is 60.8 Å². The predicted octanol–water partition coefficient (Wildman–Crippen LogP) is 7.06. The van der Waals surface area contributed by atoms with Gasteiger partial charge in [0.05, 0.1) is 30.3 Å². The van der Waals surface area contributed by atoms with Crippen molar-refractivity contribution in [3.8, 4) is 0 Å². The number of hydrogen-bond acceptors (Lipinski definition) is 10. The van der Waals surface area contributed by atoms with Gasteiger partial charge in [0.15, 0.2) is 0 Å². The van der Waals surface area contributed by atoms with Crippen LogP contribution in [0.25, 0.3) is 0 Å². The SMILES string of the molecule is COC(=O)[C@]12CC(=O)[C@H](C(C)C)CC(=O)[C@H](C)CCC[C@H](C)CC(=O)[C@H]1[C@H](C)C(C)=C1C[C@H](OC(C)=O)[C@](C)(O)[C@H]3CC[C@@](C)(O)[C@H](CCC(C)=C[C@@H]12)O3. The van der Waals surface area contributed by atoms with Crippen molar-refractivity contribution in [1.82, 2.24) is 0 Å². The summed E-state index contributed by atoms with van der Waals surface area (Å²) < 4.78 is 18.1. The molecule has 54 heavy (non-hydrogen) atoms. The molecular weight excluding hydrogens is 688 g/mol. The van der Waals surface area contributed by atoms with Crippen LogP contribution >= 0.6 is 0 Å². The Hall–Kier alpha value is -2.69. The molecule has 2 fully saturated rings. The molecule has 0 unspecified atom stereocenters. The van der Waals surface area contributed by atoms with Crippen LogP contribution in [0.3, 0.4) is 0 Å². The van der Waals surface area contributed by atoms with Crippen molar-refractivity contribution in [2.75, 3.05) is 7.11 Å². The third kappa shape index (κ3) is 8.96. The van der Waals surface area contributed by atoms with Crippen molar-refractivity contribution in [3.63, 3.8) is 0 Å². The molecule has 0 aromatic heterocycles. The molecule has 0 radical (unpaired) electrons. The van der Waals surface area contributed by atoms with Crippen LogP contribution in [0.5, 0.6) is 0 Å². The van der Waals surface area contributed by atoms with E-state index in [1.807, 2.05) is 54.5 Å². The van der Waals surface area contributed by atoms with E-state index in [1.54, 1.807) is 13.8 Å². The highest BCUT2D eigenvalue weighted by molar-refractivity contribution is 5.97. The fraction of sp³-hybridized carbons (Fsp3) is 0.795. The number of esters is 2. The highest BCUT2D eigenvalue weighted by Crippen LogP contribution is 2.58. The zero-order valence-corrected chi connectivity index (χ0v) is 34.8. The first kappa shape index (κ1) is 44.0. The summed E-state index contributed by atoms with van der Waals surface area (Å²) in [5.74, 6) is -5.02. The second-order valence-electron chi connectivity index (χ2n) is 18.3. The van der Waals surface area contributed by atoms with Gasteiger partial charge in [0.2, 0.25) is 0 Å². The van der Waals surface area contributed by atoms with Gasteiger partial charge in [-0.25, -0.2) is 0 Å². The number of ketones is 3. The van der Waals surface area contributed by atoms with Crippen LogP contribution in [0.15, 0.2) is 22.8 Å². The molecule has 2 aliphatic carbocycles. The number of allylic oxidation sites excluding steroid dienone is 3. The molecule has 10 heteroatoms. The fourth-order valence-corrected chi connectivity index (χ4v) is 10.1. The highest BCUT2D eigenvalue weighted by atomic mass is 16.6. The van der Waals surface area contributed by atoms with Crippen LogP contribution in [0.1, 0.15) is 140 Å². The number of fused-ring (bicyclic) bond motifs is 5. The summed E-state index contributed by atoms with van der Waals surface area (Å²) in [6.07, 6.45) is 3.16. The van der Waals surface area contributed by atoms with E-state index >= 15 is 0 Å². The Balaban J connectivity index is 2.06. The smallest absolute Gasteiger partial charge is 0.313 e. The number of methoxy groups -OCH3 is 1. The third-order valence-corrected chi connectivity index (χ3v) is 13.8. The predicted molar refractivity (Wildman–Crippen MR) is 205 cm³/mol. The molecule has 1 saturated carbocycles. The van der Waals surface area contributed by atoms with Gasteiger partial charge in [-0.3, -0.25) is 24.0 Å². The van der Waals surface area contributed by atoms with Gasteiger partial charge in [-0.05, 0) is 77.6 Å². The maximum atomic E-state index is 14.9. The summed E-state index contributed by atoms with van der Waals surface area (Å²) in [6, 6.07) is 0. The average molecular weight is 757 g/mol. The zero-order valence-electron chi connectivity index (χ0n) is 34.8. The number of carbonyl (C=O) groups excluding carboxylic acids is 5. The Bertz CT molecular complexity index is 1500. The summed E-state index contributed by atoms with van der Waals surface area (Å²) in [7, 11) is 1.29. The summed E-state index contributed by atoms with van der Waals surface area (Å²) in [6.45, 7) is 18.2. The molecule has 2 heterocycles. The molecule has 0 spiro atoms. The summed E-state index contributed by atoms with van der Waals surface area (Å²) in [5.41, 5.74) is -2.16. The van der Waals surface area contributed by atoms with Gasteiger partial charge >= 0.3 is 11.9 Å². The molecule has 304 valence electrons. The lowest BCUT2D eigenvalue weighted by atomic mass is 9.50. The Morgan fingerprint density at radius 2 is 1.57 bits per heavy atom. The van der Waals surface area contributed by atoms with Gasteiger partial charge in [0.25, 0.3) is 0 Å². The second-order valence-corrected chi connectivity index (χ2v) is 18.3. The number of carbonyl (C=O) groups is 5. The Labute approximate surface area is 323 Å². The molecule has 0 aromatic rings. The standard InChI is InChI=1S/C44H68O10/c1-24(2)31-21-34(46)27(5)14-12-13-25(3)20-35(47)40-29(7)28(6)32-22-39(53-30(8)45)43(10,51)38-17-18-42(9,50)37(54-38)16-15-26(4)19-33(32)44(40,23-36(31)48)41(49)52-11/h19,24-25,27,29,31,33,37-40,50-51H,12-18,20-23H2,1-11H3/t25-,27+,29+,31-,33-,37-,38+,39-,40+,42+,43+,44-/m0/s1. The van der Waals surface area contributed by atoms with E-state index in [0.717, 1.165) is 24.0 Å². The van der Waals surface area contributed by atoms with E-state index in [0.29, 0.717) is 37.7 Å². The van der Waals surface area contributed by atoms with Gasteiger partial charge < -0.3 is 24.4 Å². The summed E-state index contributed by atoms with van der Waals surface area (Å²) in [4.78, 5) is 71.1.